The van der Waals surface area contributed by atoms with Gasteiger partial charge >= 0.3 is 12.0 Å². The summed E-state index contributed by atoms with van der Waals surface area (Å²) in [6.07, 6.45) is 5.75. The first-order valence-electron chi connectivity index (χ1n) is 6.03. The Hall–Kier alpha value is -2.55. The van der Waals surface area contributed by atoms with Crippen molar-refractivity contribution in [2.45, 2.75) is 6.42 Å². The summed E-state index contributed by atoms with van der Waals surface area (Å²) >= 11 is 0. The Morgan fingerprint density at radius 1 is 1.50 bits per heavy atom. The number of benzene rings is 1. The van der Waals surface area contributed by atoms with Gasteiger partial charge in [-0.25, -0.2) is 9.18 Å². The molecule has 1 aromatic carbocycles. The number of hydrogen-bond donors (Lipinski definition) is 1. The highest BCUT2D eigenvalue weighted by Gasteiger charge is 2.29. The molecule has 5 nitrogen and oxygen atoms in total. The van der Waals surface area contributed by atoms with E-state index in [-0.39, 0.29) is 6.54 Å². The van der Waals surface area contributed by atoms with Crippen LogP contribution >= 0.6 is 0 Å². The van der Waals surface area contributed by atoms with Crippen molar-refractivity contribution in [3.8, 4) is 12.3 Å². The maximum atomic E-state index is 13.3. The van der Waals surface area contributed by atoms with Gasteiger partial charge in [0.25, 0.3) is 0 Å². The van der Waals surface area contributed by atoms with Crippen LogP contribution in [-0.4, -0.2) is 41.6 Å². The fourth-order valence-corrected chi connectivity index (χ4v) is 2.19. The largest absolute Gasteiger partial charge is 0.480 e. The van der Waals surface area contributed by atoms with Crippen molar-refractivity contribution in [1.82, 2.24) is 4.90 Å². The first-order chi connectivity index (χ1) is 9.52. The lowest BCUT2D eigenvalue weighted by molar-refractivity contribution is -0.137. The summed E-state index contributed by atoms with van der Waals surface area (Å²) in [5.41, 5.74) is 1.33. The van der Waals surface area contributed by atoms with Gasteiger partial charge in [-0.1, -0.05) is 12.0 Å². The molecule has 1 aromatic rings. The van der Waals surface area contributed by atoms with Gasteiger partial charge in [-0.15, -0.1) is 6.42 Å². The number of carbonyl (C=O) groups excluding carboxylic acids is 1. The number of terminal acetylenes is 1. The molecule has 0 saturated heterocycles. The molecule has 104 valence electrons. The van der Waals surface area contributed by atoms with Crippen LogP contribution in [0.2, 0.25) is 0 Å². The Morgan fingerprint density at radius 3 is 2.90 bits per heavy atom. The number of carbonyl (C=O) groups is 2. The average Bonchev–Trinajstić information content (AvgIpc) is 2.79. The fourth-order valence-electron chi connectivity index (χ4n) is 2.19. The Labute approximate surface area is 115 Å². The Bertz CT molecular complexity index is 595. The molecule has 0 fully saturated rings. The summed E-state index contributed by atoms with van der Waals surface area (Å²) in [5.74, 6) is 0.668. The average molecular weight is 276 g/mol. The number of halogens is 1. The Kier molecular flexibility index (Phi) is 3.89. The van der Waals surface area contributed by atoms with E-state index in [0.29, 0.717) is 18.7 Å². The molecule has 0 spiro atoms. The molecule has 1 aliphatic rings. The summed E-state index contributed by atoms with van der Waals surface area (Å²) in [5, 5.41) is 8.80. The quantitative estimate of drug-likeness (QED) is 0.847. The van der Waals surface area contributed by atoms with Crippen LogP contribution in [0, 0.1) is 18.2 Å². The van der Waals surface area contributed by atoms with Crippen molar-refractivity contribution >= 4 is 17.7 Å². The number of nitrogens with zero attached hydrogens (tertiary/aromatic N) is 2. The molecule has 1 N–H and O–H groups in total. The zero-order chi connectivity index (χ0) is 14.7. The minimum Gasteiger partial charge on any atom is -0.480 e. The first-order valence-corrected chi connectivity index (χ1v) is 6.03. The highest BCUT2D eigenvalue weighted by molar-refractivity contribution is 5.95. The number of amides is 2. The van der Waals surface area contributed by atoms with Gasteiger partial charge in [0.15, 0.2) is 0 Å². The van der Waals surface area contributed by atoms with Gasteiger partial charge in [0, 0.05) is 6.54 Å². The van der Waals surface area contributed by atoms with Crippen LogP contribution < -0.4 is 4.90 Å². The summed E-state index contributed by atoms with van der Waals surface area (Å²) in [4.78, 5) is 25.5. The lowest BCUT2D eigenvalue weighted by Gasteiger charge is -2.25. The van der Waals surface area contributed by atoms with Gasteiger partial charge in [-0.3, -0.25) is 9.69 Å². The lowest BCUT2D eigenvalue weighted by Crippen LogP contribution is -2.45. The van der Waals surface area contributed by atoms with Crippen LogP contribution in [0.4, 0.5) is 14.9 Å². The van der Waals surface area contributed by atoms with Crippen LogP contribution in [0.15, 0.2) is 18.2 Å². The van der Waals surface area contributed by atoms with Crippen molar-refractivity contribution < 1.29 is 19.1 Å². The van der Waals surface area contributed by atoms with Gasteiger partial charge in [-0.2, -0.15) is 0 Å². The van der Waals surface area contributed by atoms with E-state index in [1.807, 2.05) is 0 Å². The van der Waals surface area contributed by atoms with E-state index in [4.69, 9.17) is 11.5 Å². The minimum atomic E-state index is -1.15. The number of rotatable bonds is 3. The zero-order valence-corrected chi connectivity index (χ0v) is 10.7. The summed E-state index contributed by atoms with van der Waals surface area (Å²) in [6.45, 7) is -0.200. The van der Waals surface area contributed by atoms with Crippen molar-refractivity contribution in [1.29, 1.82) is 0 Å². The predicted octanol–water partition coefficient (Wildman–Crippen LogP) is 1.33. The van der Waals surface area contributed by atoms with E-state index in [1.165, 1.54) is 17.0 Å². The molecular formula is C14H13FN2O3. The van der Waals surface area contributed by atoms with E-state index in [2.05, 4.69) is 5.92 Å². The van der Waals surface area contributed by atoms with Gasteiger partial charge in [-0.05, 0) is 24.1 Å². The molecule has 0 aliphatic carbocycles. The molecule has 1 aliphatic heterocycles. The van der Waals surface area contributed by atoms with E-state index in [1.54, 1.807) is 6.07 Å². The highest BCUT2D eigenvalue weighted by atomic mass is 19.1. The van der Waals surface area contributed by atoms with Crippen molar-refractivity contribution in [2.75, 3.05) is 24.5 Å². The maximum absolute atomic E-state index is 13.3. The van der Waals surface area contributed by atoms with E-state index >= 15 is 0 Å². The topological polar surface area (TPSA) is 60.9 Å². The fraction of sp³-hybridized carbons (Fsp3) is 0.286. The monoisotopic (exact) mass is 276 g/mol. The summed E-state index contributed by atoms with van der Waals surface area (Å²) < 4.78 is 13.3. The van der Waals surface area contributed by atoms with E-state index in [0.717, 1.165) is 10.5 Å². The van der Waals surface area contributed by atoms with Gasteiger partial charge in [0.1, 0.15) is 12.4 Å². The molecule has 0 bridgehead atoms. The van der Waals surface area contributed by atoms with Gasteiger partial charge < -0.3 is 10.0 Å². The highest BCUT2D eigenvalue weighted by Crippen LogP contribution is 2.29. The summed E-state index contributed by atoms with van der Waals surface area (Å²) in [6, 6.07) is 3.72. The SMILES string of the molecule is C#CCN(CC(=O)O)C(=O)N1CCc2ccc(F)cc21. The Morgan fingerprint density at radius 2 is 2.25 bits per heavy atom. The Balaban J connectivity index is 2.24. The maximum Gasteiger partial charge on any atom is 0.325 e. The van der Waals surface area contributed by atoms with Crippen LogP contribution in [-0.2, 0) is 11.2 Å². The first kappa shape index (κ1) is 13.9. The second-order valence-corrected chi connectivity index (χ2v) is 4.41. The molecule has 20 heavy (non-hydrogen) atoms. The molecule has 0 atom stereocenters. The number of aliphatic carboxylic acids is 1. The molecule has 1 heterocycles. The zero-order valence-electron chi connectivity index (χ0n) is 10.7. The minimum absolute atomic E-state index is 0.105. The molecule has 0 radical (unpaired) electrons. The van der Waals surface area contributed by atoms with Crippen molar-refractivity contribution in [3.63, 3.8) is 0 Å². The third-order valence-electron chi connectivity index (χ3n) is 3.05. The second kappa shape index (κ2) is 5.61. The van der Waals surface area contributed by atoms with Crippen LogP contribution in [0.1, 0.15) is 5.56 Å². The predicted molar refractivity (Wildman–Crippen MR) is 70.9 cm³/mol. The molecule has 0 saturated carbocycles. The molecular weight excluding hydrogens is 263 g/mol. The van der Waals surface area contributed by atoms with Crippen LogP contribution in [0.5, 0.6) is 0 Å². The number of urea groups is 1. The smallest absolute Gasteiger partial charge is 0.325 e. The number of fused-ring (bicyclic) bond motifs is 1. The molecule has 2 amide bonds. The molecule has 0 unspecified atom stereocenters. The van der Waals surface area contributed by atoms with Gasteiger partial charge in [0.2, 0.25) is 0 Å². The summed E-state index contributed by atoms with van der Waals surface area (Å²) in [7, 11) is 0. The van der Waals surface area contributed by atoms with Crippen LogP contribution in [0.25, 0.3) is 0 Å². The van der Waals surface area contributed by atoms with E-state index in [9.17, 15) is 14.0 Å². The van der Waals surface area contributed by atoms with E-state index < -0.39 is 24.4 Å². The van der Waals surface area contributed by atoms with Crippen molar-refractivity contribution in [3.05, 3.63) is 29.6 Å². The molecule has 6 heteroatoms. The molecule has 2 rings (SSSR count). The second-order valence-electron chi connectivity index (χ2n) is 4.41. The normalized spacial score (nSPS) is 12.7. The number of hydrogen-bond acceptors (Lipinski definition) is 2. The number of carboxylic acid groups (broad SMARTS) is 1. The van der Waals surface area contributed by atoms with Crippen LogP contribution in [0.3, 0.4) is 0 Å². The number of anilines is 1. The van der Waals surface area contributed by atoms with Gasteiger partial charge in [0.05, 0.1) is 12.2 Å². The third kappa shape index (κ3) is 2.72. The third-order valence-corrected chi connectivity index (χ3v) is 3.05. The van der Waals surface area contributed by atoms with Crippen molar-refractivity contribution in [2.24, 2.45) is 0 Å². The standard InChI is InChI=1S/C14H13FN2O3/c1-2-6-16(9-13(18)19)14(20)17-7-5-10-3-4-11(15)8-12(10)17/h1,3-4,8H,5-7,9H2,(H,18,19). The number of carboxylic acids is 1. The molecule has 0 aromatic heterocycles. The lowest BCUT2D eigenvalue weighted by atomic mass is 10.2.